The Hall–Kier alpha value is -2.30. The number of hydrogen-bond donors (Lipinski definition) is 2. The van der Waals surface area contributed by atoms with Crippen molar-refractivity contribution in [3.05, 3.63) is 35.0 Å². The number of carboxylic acid groups (broad SMARTS) is 1. The molecule has 0 spiro atoms. The molecule has 2 aromatic rings. The third kappa shape index (κ3) is 2.48. The predicted octanol–water partition coefficient (Wildman–Crippen LogP) is 3.36. The SMILES string of the molecule is Cc1cc(C)c2cc(C(=O)N3CCC(C(=O)O)(C(C)C)C3)[nH]c2c1. The van der Waals surface area contributed by atoms with E-state index in [4.69, 9.17) is 0 Å². The summed E-state index contributed by atoms with van der Waals surface area (Å²) in [6.07, 6.45) is 0.504. The van der Waals surface area contributed by atoms with Gasteiger partial charge in [-0.3, -0.25) is 9.59 Å². The maximum absolute atomic E-state index is 12.8. The van der Waals surface area contributed by atoms with E-state index in [2.05, 4.69) is 11.1 Å². The van der Waals surface area contributed by atoms with Crippen molar-refractivity contribution in [3.8, 4) is 0 Å². The lowest BCUT2D eigenvalue weighted by Crippen LogP contribution is -2.40. The van der Waals surface area contributed by atoms with Crippen molar-refractivity contribution in [3.63, 3.8) is 0 Å². The van der Waals surface area contributed by atoms with Gasteiger partial charge in [0, 0.05) is 24.0 Å². The highest BCUT2D eigenvalue weighted by Crippen LogP contribution is 2.38. The molecule has 1 aromatic carbocycles. The Labute approximate surface area is 141 Å². The first-order chi connectivity index (χ1) is 11.2. The van der Waals surface area contributed by atoms with E-state index in [1.807, 2.05) is 39.8 Å². The molecule has 2 N–H and O–H groups in total. The largest absolute Gasteiger partial charge is 0.481 e. The van der Waals surface area contributed by atoms with Crippen molar-refractivity contribution >= 4 is 22.8 Å². The van der Waals surface area contributed by atoms with E-state index in [9.17, 15) is 14.7 Å². The van der Waals surface area contributed by atoms with E-state index >= 15 is 0 Å². The molecule has 5 heteroatoms. The number of H-pyrrole nitrogens is 1. The molecular weight excluding hydrogens is 304 g/mol. The maximum atomic E-state index is 12.8. The second-order valence-corrected chi connectivity index (χ2v) is 7.32. The third-order valence-corrected chi connectivity index (χ3v) is 5.44. The van der Waals surface area contributed by atoms with Crippen molar-refractivity contribution in [2.45, 2.75) is 34.1 Å². The monoisotopic (exact) mass is 328 g/mol. The summed E-state index contributed by atoms with van der Waals surface area (Å²) < 4.78 is 0. The Morgan fingerprint density at radius 1 is 1.25 bits per heavy atom. The van der Waals surface area contributed by atoms with Crippen LogP contribution in [0.1, 0.15) is 41.9 Å². The number of hydrogen-bond acceptors (Lipinski definition) is 2. The quantitative estimate of drug-likeness (QED) is 0.907. The second-order valence-electron chi connectivity index (χ2n) is 7.32. The minimum atomic E-state index is -0.839. The zero-order valence-electron chi connectivity index (χ0n) is 14.6. The van der Waals surface area contributed by atoms with Crippen LogP contribution < -0.4 is 0 Å². The lowest BCUT2D eigenvalue weighted by atomic mass is 9.76. The molecule has 1 aromatic heterocycles. The number of likely N-dealkylation sites (tertiary alicyclic amines) is 1. The molecular formula is C19H24N2O3. The van der Waals surface area contributed by atoms with E-state index in [0.717, 1.165) is 22.0 Å². The lowest BCUT2D eigenvalue weighted by Gasteiger charge is -2.28. The van der Waals surface area contributed by atoms with Crippen LogP contribution in [0.25, 0.3) is 10.9 Å². The van der Waals surface area contributed by atoms with Gasteiger partial charge in [0.1, 0.15) is 5.69 Å². The van der Waals surface area contributed by atoms with Crippen LogP contribution in [0.15, 0.2) is 18.2 Å². The Kier molecular flexibility index (Phi) is 3.90. The molecule has 1 fully saturated rings. The van der Waals surface area contributed by atoms with Gasteiger partial charge in [0.2, 0.25) is 0 Å². The fourth-order valence-corrected chi connectivity index (χ4v) is 3.78. The van der Waals surface area contributed by atoms with Crippen LogP contribution in [0.3, 0.4) is 0 Å². The van der Waals surface area contributed by atoms with Crippen molar-refractivity contribution in [1.82, 2.24) is 9.88 Å². The van der Waals surface area contributed by atoms with Gasteiger partial charge in [0.05, 0.1) is 5.41 Å². The molecule has 1 saturated heterocycles. The van der Waals surface area contributed by atoms with Crippen LogP contribution in [0, 0.1) is 25.2 Å². The zero-order chi connectivity index (χ0) is 17.6. The number of carbonyl (C=O) groups excluding carboxylic acids is 1. The van der Waals surface area contributed by atoms with Gasteiger partial charge in [0.25, 0.3) is 5.91 Å². The number of amides is 1. The summed E-state index contributed by atoms with van der Waals surface area (Å²) in [5.41, 5.74) is 2.91. The summed E-state index contributed by atoms with van der Waals surface area (Å²) >= 11 is 0. The number of nitrogens with one attached hydrogen (secondary N) is 1. The summed E-state index contributed by atoms with van der Waals surface area (Å²) in [6, 6.07) is 6.00. The highest BCUT2D eigenvalue weighted by Gasteiger charge is 2.48. The molecule has 1 unspecified atom stereocenters. The number of aromatic amines is 1. The number of aliphatic carboxylic acids is 1. The summed E-state index contributed by atoms with van der Waals surface area (Å²) in [5.74, 6) is -0.941. The highest BCUT2D eigenvalue weighted by molar-refractivity contribution is 5.99. The Balaban J connectivity index is 1.91. The van der Waals surface area contributed by atoms with Crippen molar-refractivity contribution < 1.29 is 14.7 Å². The normalized spacial score (nSPS) is 21.0. The van der Waals surface area contributed by atoms with Crippen molar-refractivity contribution in [1.29, 1.82) is 0 Å². The van der Waals surface area contributed by atoms with Crippen molar-refractivity contribution in [2.24, 2.45) is 11.3 Å². The van der Waals surface area contributed by atoms with E-state index in [0.29, 0.717) is 18.7 Å². The average Bonchev–Trinajstić information content (AvgIpc) is 3.11. The predicted molar refractivity (Wildman–Crippen MR) is 93.2 cm³/mol. The number of rotatable bonds is 3. The lowest BCUT2D eigenvalue weighted by molar-refractivity contribution is -0.150. The molecule has 24 heavy (non-hydrogen) atoms. The summed E-state index contributed by atoms with van der Waals surface area (Å²) in [4.78, 5) is 29.5. The summed E-state index contributed by atoms with van der Waals surface area (Å²) in [6.45, 7) is 8.64. The molecule has 0 radical (unpaired) electrons. The maximum Gasteiger partial charge on any atom is 0.311 e. The number of aromatic nitrogens is 1. The second kappa shape index (κ2) is 5.65. The van der Waals surface area contributed by atoms with Crippen LogP contribution in [0.2, 0.25) is 0 Å². The minimum Gasteiger partial charge on any atom is -0.481 e. The van der Waals surface area contributed by atoms with Gasteiger partial charge in [-0.15, -0.1) is 0 Å². The highest BCUT2D eigenvalue weighted by atomic mass is 16.4. The molecule has 1 aliphatic heterocycles. The van der Waals surface area contributed by atoms with Gasteiger partial charge in [-0.2, -0.15) is 0 Å². The van der Waals surface area contributed by atoms with Gasteiger partial charge in [-0.25, -0.2) is 0 Å². The standard InChI is InChI=1S/C19H24N2O3/c1-11(2)19(18(23)24)5-6-21(10-19)17(22)16-9-14-13(4)7-12(3)8-15(14)20-16/h7-9,11,20H,5-6,10H2,1-4H3,(H,23,24). The molecule has 0 bridgehead atoms. The van der Waals surface area contributed by atoms with Crippen LogP contribution in [0.4, 0.5) is 0 Å². The van der Waals surface area contributed by atoms with Crippen LogP contribution in [-0.2, 0) is 4.79 Å². The zero-order valence-corrected chi connectivity index (χ0v) is 14.6. The third-order valence-electron chi connectivity index (χ3n) is 5.44. The van der Waals surface area contributed by atoms with E-state index in [1.165, 1.54) is 0 Å². The molecule has 1 atom stereocenters. The van der Waals surface area contributed by atoms with Gasteiger partial charge < -0.3 is 15.0 Å². The number of nitrogens with zero attached hydrogens (tertiary/aromatic N) is 1. The smallest absolute Gasteiger partial charge is 0.311 e. The van der Waals surface area contributed by atoms with Gasteiger partial charge in [-0.1, -0.05) is 19.9 Å². The number of carboxylic acids is 1. The first-order valence-corrected chi connectivity index (χ1v) is 8.37. The van der Waals surface area contributed by atoms with E-state index < -0.39 is 11.4 Å². The number of carbonyl (C=O) groups is 2. The fourth-order valence-electron chi connectivity index (χ4n) is 3.78. The molecule has 2 heterocycles. The Morgan fingerprint density at radius 3 is 2.54 bits per heavy atom. The molecule has 1 amide bonds. The van der Waals surface area contributed by atoms with Crippen LogP contribution in [-0.4, -0.2) is 40.0 Å². The summed E-state index contributed by atoms with van der Waals surface area (Å²) in [7, 11) is 0. The minimum absolute atomic E-state index is 0.0135. The van der Waals surface area contributed by atoms with Gasteiger partial charge in [0.15, 0.2) is 0 Å². The van der Waals surface area contributed by atoms with E-state index in [-0.39, 0.29) is 18.4 Å². The van der Waals surface area contributed by atoms with E-state index in [1.54, 1.807) is 4.90 Å². The van der Waals surface area contributed by atoms with Crippen LogP contribution >= 0.6 is 0 Å². The van der Waals surface area contributed by atoms with Crippen LogP contribution in [0.5, 0.6) is 0 Å². The first-order valence-electron chi connectivity index (χ1n) is 8.37. The Morgan fingerprint density at radius 2 is 1.96 bits per heavy atom. The number of benzene rings is 1. The molecule has 5 nitrogen and oxygen atoms in total. The molecule has 0 aliphatic carbocycles. The molecule has 0 saturated carbocycles. The molecule has 3 rings (SSSR count). The van der Waals surface area contributed by atoms with Gasteiger partial charge >= 0.3 is 5.97 Å². The topological polar surface area (TPSA) is 73.4 Å². The fraction of sp³-hybridized carbons (Fsp3) is 0.474. The molecule has 1 aliphatic rings. The van der Waals surface area contributed by atoms with Gasteiger partial charge in [-0.05, 0) is 49.4 Å². The summed E-state index contributed by atoms with van der Waals surface area (Å²) in [5, 5.41) is 10.7. The number of fused-ring (bicyclic) bond motifs is 1. The number of aryl methyl sites for hydroxylation is 2. The first kappa shape index (κ1) is 16.6. The molecule has 128 valence electrons. The Bertz CT molecular complexity index is 821. The average molecular weight is 328 g/mol. The van der Waals surface area contributed by atoms with Crippen molar-refractivity contribution in [2.75, 3.05) is 13.1 Å².